The number of hydrogen-bond donors (Lipinski definition) is 3. The summed E-state index contributed by atoms with van der Waals surface area (Å²) in [7, 11) is 1.80. The maximum absolute atomic E-state index is 4.47. The van der Waals surface area contributed by atoms with Crippen LogP contribution in [0.15, 0.2) is 11.1 Å². The average Bonchev–Trinajstić information content (AvgIpc) is 2.74. The molecule has 1 rings (SSSR count). The summed E-state index contributed by atoms with van der Waals surface area (Å²) in [5, 5.41) is 14.6. The van der Waals surface area contributed by atoms with E-state index in [0.717, 1.165) is 44.3 Å². The van der Waals surface area contributed by atoms with Crippen molar-refractivity contribution < 1.29 is 0 Å². The van der Waals surface area contributed by atoms with Crippen LogP contribution in [0.1, 0.15) is 38.6 Å². The number of nitrogens with zero attached hydrogens (tertiary/aromatic N) is 3. The number of guanidine groups is 1. The van der Waals surface area contributed by atoms with Crippen LogP contribution in [0.25, 0.3) is 0 Å². The second kappa shape index (κ2) is 10.9. The first-order chi connectivity index (χ1) is 10.3. The van der Waals surface area contributed by atoms with Crippen LogP contribution in [0.5, 0.6) is 0 Å². The number of nitrogens with one attached hydrogen (secondary N) is 3. The number of aryl methyl sites for hydroxylation is 3. The SMILES string of the molecule is CN=C(NCCCn1nc(C)cc1C)NCCNC(C)(C)C.I. The number of hydrogen-bond acceptors (Lipinski definition) is 3. The molecule has 0 unspecified atom stereocenters. The lowest BCUT2D eigenvalue weighted by atomic mass is 10.1. The first kappa shape index (κ1) is 22.2. The Bertz CT molecular complexity index is 475. The Morgan fingerprint density at radius 3 is 2.35 bits per heavy atom. The lowest BCUT2D eigenvalue weighted by Crippen LogP contribution is -2.44. The van der Waals surface area contributed by atoms with E-state index in [1.165, 1.54) is 5.69 Å². The second-order valence-corrected chi connectivity index (χ2v) is 6.61. The zero-order valence-corrected chi connectivity index (χ0v) is 17.7. The van der Waals surface area contributed by atoms with Crippen molar-refractivity contribution in [2.75, 3.05) is 26.7 Å². The average molecular weight is 436 g/mol. The molecule has 134 valence electrons. The topological polar surface area (TPSA) is 66.3 Å². The van der Waals surface area contributed by atoms with Crippen LogP contribution >= 0.6 is 24.0 Å². The van der Waals surface area contributed by atoms with E-state index >= 15 is 0 Å². The van der Waals surface area contributed by atoms with Crippen LogP contribution in [-0.2, 0) is 6.54 Å². The molecule has 0 aliphatic carbocycles. The van der Waals surface area contributed by atoms with Crippen LogP contribution in [0.4, 0.5) is 0 Å². The molecule has 23 heavy (non-hydrogen) atoms. The van der Waals surface area contributed by atoms with Gasteiger partial charge in [0, 0.05) is 44.5 Å². The molecular weight excluding hydrogens is 403 g/mol. The lowest BCUT2D eigenvalue weighted by Gasteiger charge is -2.21. The van der Waals surface area contributed by atoms with E-state index in [2.05, 4.69) is 64.5 Å². The van der Waals surface area contributed by atoms with Crippen LogP contribution in [0.3, 0.4) is 0 Å². The summed E-state index contributed by atoms with van der Waals surface area (Å²) in [5.74, 6) is 0.851. The fourth-order valence-electron chi connectivity index (χ4n) is 2.18. The normalized spacial score (nSPS) is 12.0. The van der Waals surface area contributed by atoms with Gasteiger partial charge in [0.15, 0.2) is 5.96 Å². The summed E-state index contributed by atoms with van der Waals surface area (Å²) < 4.78 is 2.06. The fourth-order valence-corrected chi connectivity index (χ4v) is 2.18. The van der Waals surface area contributed by atoms with E-state index in [0.29, 0.717) is 0 Å². The van der Waals surface area contributed by atoms with Crippen LogP contribution in [-0.4, -0.2) is 48.0 Å². The largest absolute Gasteiger partial charge is 0.356 e. The summed E-state index contributed by atoms with van der Waals surface area (Å²) in [6.45, 7) is 14.2. The molecule has 0 radical (unpaired) electrons. The molecule has 3 N–H and O–H groups in total. The third-order valence-corrected chi connectivity index (χ3v) is 3.24. The highest BCUT2D eigenvalue weighted by molar-refractivity contribution is 14.0. The van der Waals surface area contributed by atoms with Crippen LogP contribution in [0, 0.1) is 13.8 Å². The smallest absolute Gasteiger partial charge is 0.191 e. The highest BCUT2D eigenvalue weighted by Gasteiger charge is 2.07. The molecule has 1 aromatic heterocycles. The van der Waals surface area contributed by atoms with Gasteiger partial charge < -0.3 is 16.0 Å². The molecule has 0 bridgehead atoms. The Hall–Kier alpha value is -0.830. The second-order valence-electron chi connectivity index (χ2n) is 6.61. The zero-order valence-electron chi connectivity index (χ0n) is 15.4. The minimum Gasteiger partial charge on any atom is -0.356 e. The molecule has 6 nitrogen and oxygen atoms in total. The van der Waals surface area contributed by atoms with Crippen molar-refractivity contribution in [1.29, 1.82) is 0 Å². The predicted molar refractivity (Wildman–Crippen MR) is 109 cm³/mol. The quantitative estimate of drug-likeness (QED) is 0.265. The van der Waals surface area contributed by atoms with Crippen molar-refractivity contribution in [3.05, 3.63) is 17.5 Å². The van der Waals surface area contributed by atoms with Gasteiger partial charge in [0.1, 0.15) is 0 Å². The van der Waals surface area contributed by atoms with E-state index in [4.69, 9.17) is 0 Å². The maximum atomic E-state index is 4.47. The fraction of sp³-hybridized carbons (Fsp3) is 0.750. The summed E-state index contributed by atoms with van der Waals surface area (Å²) in [4.78, 5) is 4.23. The number of rotatable bonds is 7. The third kappa shape index (κ3) is 9.80. The molecule has 0 spiro atoms. The highest BCUT2D eigenvalue weighted by atomic mass is 127. The van der Waals surface area contributed by atoms with E-state index in [1.54, 1.807) is 7.05 Å². The van der Waals surface area contributed by atoms with Crippen molar-refractivity contribution in [1.82, 2.24) is 25.7 Å². The Morgan fingerprint density at radius 1 is 1.17 bits per heavy atom. The zero-order chi connectivity index (χ0) is 16.6. The highest BCUT2D eigenvalue weighted by Crippen LogP contribution is 2.02. The summed E-state index contributed by atoms with van der Waals surface area (Å²) in [5.41, 5.74) is 2.45. The van der Waals surface area contributed by atoms with Gasteiger partial charge in [-0.3, -0.25) is 9.67 Å². The van der Waals surface area contributed by atoms with E-state index in [9.17, 15) is 0 Å². The Balaban J connectivity index is 0.00000484. The van der Waals surface area contributed by atoms with Gasteiger partial charge in [-0.15, -0.1) is 24.0 Å². The maximum Gasteiger partial charge on any atom is 0.191 e. The van der Waals surface area contributed by atoms with Gasteiger partial charge in [0.05, 0.1) is 5.69 Å². The van der Waals surface area contributed by atoms with Crippen molar-refractivity contribution in [2.45, 2.75) is 53.1 Å². The lowest BCUT2D eigenvalue weighted by molar-refractivity contribution is 0.428. The molecule has 0 fully saturated rings. The molecule has 0 amide bonds. The Morgan fingerprint density at radius 2 is 1.83 bits per heavy atom. The molecule has 1 heterocycles. The summed E-state index contributed by atoms with van der Waals surface area (Å²) in [6.07, 6.45) is 1.02. The molecule has 0 aliphatic heterocycles. The minimum atomic E-state index is 0. The Kier molecular flexibility index (Phi) is 10.5. The predicted octanol–water partition coefficient (Wildman–Crippen LogP) is 2.06. The number of aliphatic imine (C=N–C) groups is 1. The van der Waals surface area contributed by atoms with Crippen molar-refractivity contribution in [2.24, 2.45) is 4.99 Å². The van der Waals surface area contributed by atoms with E-state index < -0.39 is 0 Å². The molecule has 7 heteroatoms. The standard InChI is InChI=1S/C16H32N6.HI/c1-13-12-14(2)22(21-13)11-7-8-18-15(17-6)19-9-10-20-16(3,4)5;/h12,20H,7-11H2,1-6H3,(H2,17,18,19);1H. The van der Waals surface area contributed by atoms with Gasteiger partial charge in [0.2, 0.25) is 0 Å². The van der Waals surface area contributed by atoms with Gasteiger partial charge in [-0.1, -0.05) is 0 Å². The molecule has 0 saturated heterocycles. The molecular formula is C16H33IN6. The van der Waals surface area contributed by atoms with Crippen molar-refractivity contribution in [3.63, 3.8) is 0 Å². The summed E-state index contributed by atoms with van der Waals surface area (Å²) in [6, 6.07) is 2.11. The van der Waals surface area contributed by atoms with Crippen molar-refractivity contribution in [3.8, 4) is 0 Å². The molecule has 0 aromatic carbocycles. The van der Waals surface area contributed by atoms with Crippen LogP contribution in [0.2, 0.25) is 0 Å². The molecule has 1 aromatic rings. The minimum absolute atomic E-state index is 0. The molecule has 0 aliphatic rings. The summed E-state index contributed by atoms with van der Waals surface area (Å²) >= 11 is 0. The van der Waals surface area contributed by atoms with Crippen LogP contribution < -0.4 is 16.0 Å². The van der Waals surface area contributed by atoms with Gasteiger partial charge in [-0.2, -0.15) is 5.10 Å². The first-order valence-electron chi connectivity index (χ1n) is 8.02. The van der Waals surface area contributed by atoms with Gasteiger partial charge in [-0.25, -0.2) is 0 Å². The molecule has 0 atom stereocenters. The third-order valence-electron chi connectivity index (χ3n) is 3.24. The van der Waals surface area contributed by atoms with Crippen molar-refractivity contribution >= 4 is 29.9 Å². The van der Waals surface area contributed by atoms with Gasteiger partial charge >= 0.3 is 0 Å². The Labute approximate surface area is 157 Å². The molecule has 0 saturated carbocycles. The van der Waals surface area contributed by atoms with Gasteiger partial charge in [0.25, 0.3) is 0 Å². The number of halogens is 1. The first-order valence-corrected chi connectivity index (χ1v) is 8.02. The van der Waals surface area contributed by atoms with Gasteiger partial charge in [-0.05, 0) is 47.1 Å². The van der Waals surface area contributed by atoms with E-state index in [-0.39, 0.29) is 29.5 Å². The number of aromatic nitrogens is 2. The van der Waals surface area contributed by atoms with E-state index in [1.807, 2.05) is 6.92 Å². The monoisotopic (exact) mass is 436 g/mol.